The molecular formula is C11H16N2O2S. The molecule has 1 aromatic heterocycles. The summed E-state index contributed by atoms with van der Waals surface area (Å²) >= 11 is 1.61. The van der Waals surface area contributed by atoms with E-state index in [0.717, 1.165) is 5.75 Å². The van der Waals surface area contributed by atoms with Crippen molar-refractivity contribution in [2.45, 2.75) is 13.8 Å². The van der Waals surface area contributed by atoms with Crippen LogP contribution in [0.5, 0.6) is 5.88 Å². The lowest BCUT2D eigenvalue weighted by Gasteiger charge is -2.05. The van der Waals surface area contributed by atoms with Gasteiger partial charge in [0.05, 0.1) is 12.9 Å². The van der Waals surface area contributed by atoms with Gasteiger partial charge < -0.3 is 4.74 Å². The summed E-state index contributed by atoms with van der Waals surface area (Å²) in [5, 5.41) is 0. The maximum absolute atomic E-state index is 11.8. The van der Waals surface area contributed by atoms with Crippen molar-refractivity contribution in [1.82, 2.24) is 9.97 Å². The number of aromatic nitrogens is 2. The molecule has 0 spiro atoms. The predicted molar refractivity (Wildman–Crippen MR) is 65.1 cm³/mol. The van der Waals surface area contributed by atoms with E-state index in [2.05, 4.69) is 23.8 Å². The minimum absolute atomic E-state index is 0.0319. The van der Waals surface area contributed by atoms with Crippen LogP contribution in [0.25, 0.3) is 0 Å². The van der Waals surface area contributed by atoms with Crippen molar-refractivity contribution in [2.24, 2.45) is 5.92 Å². The number of ketones is 1. The van der Waals surface area contributed by atoms with Crippen LogP contribution in [-0.2, 0) is 0 Å². The topological polar surface area (TPSA) is 52.1 Å². The molecule has 0 bridgehead atoms. The second-order valence-electron chi connectivity index (χ2n) is 3.75. The summed E-state index contributed by atoms with van der Waals surface area (Å²) in [5.41, 5.74) is 0.321. The fourth-order valence-corrected chi connectivity index (χ4v) is 2.03. The summed E-state index contributed by atoms with van der Waals surface area (Å²) < 4.78 is 4.99. The molecule has 0 saturated carbocycles. The van der Waals surface area contributed by atoms with Crippen molar-refractivity contribution < 1.29 is 9.53 Å². The minimum atomic E-state index is -0.0319. The molecule has 0 aliphatic heterocycles. The van der Waals surface area contributed by atoms with Crippen LogP contribution in [0.2, 0.25) is 0 Å². The Hall–Kier alpha value is -1.10. The van der Waals surface area contributed by atoms with Crippen molar-refractivity contribution in [3.63, 3.8) is 0 Å². The van der Waals surface area contributed by atoms with Gasteiger partial charge in [-0.3, -0.25) is 4.79 Å². The van der Waals surface area contributed by atoms with E-state index >= 15 is 0 Å². The highest BCUT2D eigenvalue weighted by Crippen LogP contribution is 2.15. The number of thioether (sulfide) groups is 1. The number of methoxy groups -OCH3 is 1. The molecule has 0 saturated heterocycles. The second kappa shape index (κ2) is 6.48. The van der Waals surface area contributed by atoms with Gasteiger partial charge in [0.2, 0.25) is 5.88 Å². The van der Waals surface area contributed by atoms with Crippen LogP contribution in [0.3, 0.4) is 0 Å². The lowest BCUT2D eigenvalue weighted by atomic mass is 10.3. The number of Topliss-reactive ketones (excluding diaryl/α,β-unsaturated/α-hetero) is 1. The molecule has 16 heavy (non-hydrogen) atoms. The van der Waals surface area contributed by atoms with Crippen LogP contribution in [0.15, 0.2) is 12.4 Å². The first-order valence-electron chi connectivity index (χ1n) is 5.11. The molecule has 1 aromatic rings. The molecule has 0 unspecified atom stereocenters. The third-order valence-corrected chi connectivity index (χ3v) is 3.18. The molecule has 0 aliphatic carbocycles. The van der Waals surface area contributed by atoms with Gasteiger partial charge in [-0.1, -0.05) is 13.8 Å². The molecule has 0 aromatic carbocycles. The zero-order valence-electron chi connectivity index (χ0n) is 9.77. The van der Waals surface area contributed by atoms with E-state index in [1.54, 1.807) is 11.8 Å². The number of carbonyl (C=O) groups excluding carboxylic acids is 1. The number of hydrogen-bond acceptors (Lipinski definition) is 5. The van der Waals surface area contributed by atoms with Crippen molar-refractivity contribution >= 4 is 17.5 Å². The second-order valence-corrected chi connectivity index (χ2v) is 4.78. The Balaban J connectivity index is 2.59. The lowest BCUT2D eigenvalue weighted by Crippen LogP contribution is -2.09. The highest BCUT2D eigenvalue weighted by molar-refractivity contribution is 7.99. The van der Waals surface area contributed by atoms with Gasteiger partial charge in [-0.2, -0.15) is 11.8 Å². The standard InChI is InChI=1S/C11H16N2O2S/c1-8(2)6-16-7-9(14)10-11(15-3)13-5-4-12-10/h4-5,8H,6-7H2,1-3H3. The van der Waals surface area contributed by atoms with E-state index in [-0.39, 0.29) is 5.78 Å². The molecule has 5 heteroatoms. The molecule has 0 N–H and O–H groups in total. The van der Waals surface area contributed by atoms with Gasteiger partial charge in [-0.25, -0.2) is 9.97 Å². The van der Waals surface area contributed by atoms with E-state index < -0.39 is 0 Å². The van der Waals surface area contributed by atoms with E-state index in [1.807, 2.05) is 0 Å². The Bertz CT molecular complexity index is 356. The average Bonchev–Trinajstić information content (AvgIpc) is 2.28. The van der Waals surface area contributed by atoms with E-state index in [4.69, 9.17) is 4.74 Å². The Morgan fingerprint density at radius 2 is 2.12 bits per heavy atom. The van der Waals surface area contributed by atoms with E-state index in [9.17, 15) is 4.79 Å². The molecule has 88 valence electrons. The molecule has 0 aliphatic rings. The first kappa shape index (κ1) is 13.0. The van der Waals surface area contributed by atoms with Gasteiger partial charge in [0.1, 0.15) is 0 Å². The highest BCUT2D eigenvalue weighted by Gasteiger charge is 2.14. The van der Waals surface area contributed by atoms with Gasteiger partial charge in [-0.05, 0) is 11.7 Å². The molecule has 0 atom stereocenters. The molecule has 0 radical (unpaired) electrons. The van der Waals surface area contributed by atoms with Gasteiger partial charge in [-0.15, -0.1) is 0 Å². The number of hydrogen-bond donors (Lipinski definition) is 0. The average molecular weight is 240 g/mol. The van der Waals surface area contributed by atoms with Crippen molar-refractivity contribution in [2.75, 3.05) is 18.6 Å². The largest absolute Gasteiger partial charge is 0.479 e. The molecule has 1 rings (SSSR count). The van der Waals surface area contributed by atoms with Crippen LogP contribution in [0, 0.1) is 5.92 Å². The van der Waals surface area contributed by atoms with Crippen molar-refractivity contribution in [3.8, 4) is 5.88 Å². The first-order valence-corrected chi connectivity index (χ1v) is 6.26. The third-order valence-electron chi connectivity index (χ3n) is 1.81. The Kier molecular flexibility index (Phi) is 5.25. The van der Waals surface area contributed by atoms with Crippen molar-refractivity contribution in [1.29, 1.82) is 0 Å². The fraction of sp³-hybridized carbons (Fsp3) is 0.545. The smallest absolute Gasteiger partial charge is 0.243 e. The SMILES string of the molecule is COc1nccnc1C(=O)CSCC(C)C. The number of ether oxygens (including phenoxy) is 1. The summed E-state index contributed by atoms with van der Waals surface area (Å²) in [6.45, 7) is 4.25. The summed E-state index contributed by atoms with van der Waals surface area (Å²) in [6.07, 6.45) is 3.01. The van der Waals surface area contributed by atoms with E-state index in [1.165, 1.54) is 19.5 Å². The van der Waals surface area contributed by atoms with Gasteiger partial charge in [0, 0.05) is 12.4 Å². The fourth-order valence-electron chi connectivity index (χ4n) is 1.12. The zero-order valence-corrected chi connectivity index (χ0v) is 10.6. The Morgan fingerprint density at radius 1 is 1.44 bits per heavy atom. The normalized spacial score (nSPS) is 10.5. The number of nitrogens with zero attached hydrogens (tertiary/aromatic N) is 2. The van der Waals surface area contributed by atoms with E-state index in [0.29, 0.717) is 23.2 Å². The van der Waals surface area contributed by atoms with Crippen molar-refractivity contribution in [3.05, 3.63) is 18.1 Å². The predicted octanol–water partition coefficient (Wildman–Crippen LogP) is 2.06. The Labute approximate surface area is 99.8 Å². The number of carbonyl (C=O) groups is 1. The maximum Gasteiger partial charge on any atom is 0.243 e. The van der Waals surface area contributed by atoms with Crippen LogP contribution in [-0.4, -0.2) is 34.4 Å². The lowest BCUT2D eigenvalue weighted by molar-refractivity contribution is 0.101. The molecule has 4 nitrogen and oxygen atoms in total. The quantitative estimate of drug-likeness (QED) is 0.712. The maximum atomic E-state index is 11.8. The van der Waals surface area contributed by atoms with Crippen LogP contribution in [0.4, 0.5) is 0 Å². The monoisotopic (exact) mass is 240 g/mol. The Morgan fingerprint density at radius 3 is 2.75 bits per heavy atom. The summed E-state index contributed by atoms with van der Waals surface area (Å²) in [7, 11) is 1.49. The number of rotatable bonds is 6. The zero-order chi connectivity index (χ0) is 12.0. The highest BCUT2D eigenvalue weighted by atomic mass is 32.2. The summed E-state index contributed by atoms with van der Waals surface area (Å²) in [6, 6.07) is 0. The molecule has 0 amide bonds. The summed E-state index contributed by atoms with van der Waals surface area (Å²) in [4.78, 5) is 19.7. The van der Waals surface area contributed by atoms with Gasteiger partial charge in [0.15, 0.2) is 11.5 Å². The van der Waals surface area contributed by atoms with Gasteiger partial charge >= 0.3 is 0 Å². The van der Waals surface area contributed by atoms with Crippen LogP contribution < -0.4 is 4.74 Å². The third kappa shape index (κ3) is 3.81. The van der Waals surface area contributed by atoms with Gasteiger partial charge in [0.25, 0.3) is 0 Å². The summed E-state index contributed by atoms with van der Waals surface area (Å²) in [5.74, 6) is 2.25. The van der Waals surface area contributed by atoms with Crippen LogP contribution >= 0.6 is 11.8 Å². The molecular weight excluding hydrogens is 224 g/mol. The molecule has 0 fully saturated rings. The van der Waals surface area contributed by atoms with Crippen LogP contribution in [0.1, 0.15) is 24.3 Å². The molecule has 1 heterocycles. The minimum Gasteiger partial charge on any atom is -0.479 e. The first-order chi connectivity index (χ1) is 7.65.